The molecule has 0 bridgehead atoms. The predicted octanol–water partition coefficient (Wildman–Crippen LogP) is 1.52. The van der Waals surface area contributed by atoms with Gasteiger partial charge < -0.3 is 47.4 Å². The number of nitrogens with one attached hydrogen (secondary N) is 8. The van der Waals surface area contributed by atoms with Gasteiger partial charge in [0, 0.05) is 38.2 Å². The van der Waals surface area contributed by atoms with E-state index in [2.05, 4.69) is 52.5 Å². The Hall–Kier alpha value is -7.25. The SMILES string of the molecule is CCC[C@H](NC(=O)[C@@H]1CN(C(=O)Nc2ccccc2)C[C@@H]1NC(=O)[C@@H](NC(=O)[C@@H](NC(=O)c1cnccn1)C1CCCCC1)C(C)C)C(=O)C(=O)NCC(=O)N[C@H](C(=O)NC)c1ccccc1. The van der Waals surface area contributed by atoms with Crippen LogP contribution in [0.25, 0.3) is 0 Å². The lowest BCUT2D eigenvalue weighted by Gasteiger charge is -2.32. The quantitative estimate of drug-likeness (QED) is 0.0753. The minimum absolute atomic E-state index is 0.0308. The Morgan fingerprint density at radius 2 is 1.46 bits per heavy atom. The average molecular weight is 924 g/mol. The Bertz CT molecular complexity index is 2210. The van der Waals surface area contributed by atoms with E-state index >= 15 is 0 Å². The Balaban J connectivity index is 1.30. The summed E-state index contributed by atoms with van der Waals surface area (Å²) in [6.45, 7) is 4.23. The van der Waals surface area contributed by atoms with E-state index in [-0.39, 0.29) is 31.1 Å². The van der Waals surface area contributed by atoms with Crippen LogP contribution in [0.15, 0.2) is 79.3 Å². The van der Waals surface area contributed by atoms with E-state index in [1.54, 1.807) is 81.4 Å². The molecule has 6 atom stereocenters. The number of likely N-dealkylation sites (tertiary alicyclic amines) is 1. The minimum Gasteiger partial charge on any atom is -0.357 e. The van der Waals surface area contributed by atoms with Crippen LogP contribution >= 0.6 is 0 Å². The molecule has 2 heterocycles. The van der Waals surface area contributed by atoms with Crippen LogP contribution in [0.5, 0.6) is 0 Å². The highest BCUT2D eigenvalue weighted by molar-refractivity contribution is 6.38. The number of aromatic nitrogens is 2. The van der Waals surface area contributed by atoms with Gasteiger partial charge in [-0.25, -0.2) is 9.78 Å². The molecule has 1 aromatic heterocycles. The number of benzene rings is 2. The maximum atomic E-state index is 14.3. The Kier molecular flexibility index (Phi) is 18.8. The van der Waals surface area contributed by atoms with Gasteiger partial charge in [0.25, 0.3) is 11.8 Å². The maximum Gasteiger partial charge on any atom is 0.321 e. The summed E-state index contributed by atoms with van der Waals surface area (Å²) in [6, 6.07) is 10.9. The summed E-state index contributed by atoms with van der Waals surface area (Å²) in [4.78, 5) is 131. The van der Waals surface area contributed by atoms with Crippen molar-refractivity contribution in [2.24, 2.45) is 17.8 Å². The lowest BCUT2D eigenvalue weighted by molar-refractivity contribution is -0.141. The molecule has 3 aromatic rings. The third-order valence-corrected chi connectivity index (χ3v) is 11.8. The summed E-state index contributed by atoms with van der Waals surface area (Å²) in [5.41, 5.74) is 1.01. The van der Waals surface area contributed by atoms with Crippen molar-refractivity contribution in [2.45, 2.75) is 95.9 Å². The molecule has 2 aliphatic rings. The molecule has 5 rings (SSSR count). The van der Waals surface area contributed by atoms with Gasteiger partial charge in [0.05, 0.1) is 30.7 Å². The molecule has 9 amide bonds. The van der Waals surface area contributed by atoms with Crippen LogP contribution in [0, 0.1) is 17.8 Å². The van der Waals surface area contributed by atoms with Crippen LogP contribution in [0.1, 0.15) is 87.8 Å². The first-order valence-corrected chi connectivity index (χ1v) is 22.7. The van der Waals surface area contributed by atoms with Gasteiger partial charge in [-0.05, 0) is 48.8 Å². The van der Waals surface area contributed by atoms with Crippen LogP contribution in [0.4, 0.5) is 10.5 Å². The molecule has 1 aliphatic carbocycles. The number of carbonyl (C=O) groups excluding carboxylic acids is 9. The Morgan fingerprint density at radius 3 is 2.09 bits per heavy atom. The highest BCUT2D eigenvalue weighted by atomic mass is 16.2. The monoisotopic (exact) mass is 923 g/mol. The summed E-state index contributed by atoms with van der Waals surface area (Å²) >= 11 is 0. The second kappa shape index (κ2) is 24.9. The number of rotatable bonds is 20. The number of likely N-dealkylation sites (N-methyl/N-ethyl adjacent to an activating group) is 1. The van der Waals surface area contributed by atoms with Gasteiger partial charge in [-0.3, -0.25) is 43.3 Å². The summed E-state index contributed by atoms with van der Waals surface area (Å²) < 4.78 is 0. The van der Waals surface area contributed by atoms with Crippen molar-refractivity contribution < 1.29 is 43.2 Å². The number of hydrogen-bond acceptors (Lipinski definition) is 11. The predicted molar refractivity (Wildman–Crippen MR) is 245 cm³/mol. The van der Waals surface area contributed by atoms with Gasteiger partial charge in [-0.2, -0.15) is 0 Å². The topological polar surface area (TPSA) is 279 Å². The first-order valence-electron chi connectivity index (χ1n) is 22.7. The molecule has 20 heteroatoms. The number of Topliss-reactive ketones (excluding diaryl/α,β-unsaturated/α-hetero) is 1. The minimum atomic E-state index is -1.34. The molecule has 0 spiro atoms. The highest BCUT2D eigenvalue weighted by Crippen LogP contribution is 2.27. The summed E-state index contributed by atoms with van der Waals surface area (Å²) in [5.74, 6) is -7.78. The van der Waals surface area contributed by atoms with Crippen LogP contribution < -0.4 is 42.5 Å². The van der Waals surface area contributed by atoms with Crippen molar-refractivity contribution in [2.75, 3.05) is 32.0 Å². The first-order chi connectivity index (χ1) is 32.2. The van der Waals surface area contributed by atoms with Crippen molar-refractivity contribution in [3.63, 3.8) is 0 Å². The van der Waals surface area contributed by atoms with Gasteiger partial charge in [-0.1, -0.05) is 95.0 Å². The zero-order valence-electron chi connectivity index (χ0n) is 38.2. The molecule has 0 unspecified atom stereocenters. The first kappa shape index (κ1) is 50.7. The summed E-state index contributed by atoms with van der Waals surface area (Å²) in [6.07, 6.45) is 8.59. The van der Waals surface area contributed by atoms with Crippen molar-refractivity contribution in [1.82, 2.24) is 52.1 Å². The van der Waals surface area contributed by atoms with Crippen molar-refractivity contribution in [3.05, 3.63) is 90.5 Å². The molecule has 1 aliphatic heterocycles. The van der Waals surface area contributed by atoms with Crippen LogP contribution in [0.2, 0.25) is 0 Å². The molecular weight excluding hydrogens is 863 g/mol. The van der Waals surface area contributed by atoms with Gasteiger partial charge >= 0.3 is 6.03 Å². The van der Waals surface area contributed by atoms with Crippen molar-refractivity contribution in [1.29, 1.82) is 0 Å². The average Bonchev–Trinajstić information content (AvgIpc) is 3.77. The second-order valence-electron chi connectivity index (χ2n) is 17.0. The number of amides is 9. The number of anilines is 1. The van der Waals surface area contributed by atoms with Gasteiger partial charge in [0.1, 0.15) is 23.8 Å². The standard InChI is InChI=1S/C47H61N11O9/c1-5-15-33(40(60)46(66)51-25-36(59)55-38(43(63)48-4)29-16-9-6-10-17-29)53-41(61)32-26-58(47(67)52-31-20-13-8-14-21-31)27-35(32)54-44(64)37(28(2)3)56-45(65)39(30-18-11-7-12-19-30)57-42(62)34-24-49-22-23-50-34/h6,8-10,13-14,16-17,20-24,28,30,32-33,35,37-39H,5,7,11-12,15,18-19,25-27H2,1-4H3,(H,48,63)(H,51,66)(H,52,67)(H,53,61)(H,54,64)(H,55,59)(H,56,65)(H,57,62)/t32-,33+,35+,37+,38+,39+/m1/s1. The lowest BCUT2D eigenvalue weighted by atomic mass is 9.83. The number of nitrogens with zero attached hydrogens (tertiary/aromatic N) is 3. The molecule has 8 N–H and O–H groups in total. The summed E-state index contributed by atoms with van der Waals surface area (Å²) in [5, 5.41) is 21.3. The van der Waals surface area contributed by atoms with E-state index in [0.29, 0.717) is 30.5 Å². The fourth-order valence-corrected chi connectivity index (χ4v) is 8.20. The number of para-hydroxylation sites is 1. The molecular formula is C47H61N11O9. The normalized spacial score (nSPS) is 17.7. The number of carbonyl (C=O) groups is 9. The Morgan fingerprint density at radius 1 is 0.776 bits per heavy atom. The van der Waals surface area contributed by atoms with Crippen LogP contribution in [-0.4, -0.2) is 119 Å². The summed E-state index contributed by atoms with van der Waals surface area (Å²) in [7, 11) is 1.41. The molecule has 1 saturated heterocycles. The third-order valence-electron chi connectivity index (χ3n) is 11.8. The fraction of sp³-hybridized carbons (Fsp3) is 0.468. The van der Waals surface area contributed by atoms with Crippen molar-refractivity contribution in [3.8, 4) is 0 Å². The van der Waals surface area contributed by atoms with E-state index in [1.165, 1.54) is 30.5 Å². The van der Waals surface area contributed by atoms with E-state index in [1.807, 2.05) is 0 Å². The smallest absolute Gasteiger partial charge is 0.321 e. The molecule has 0 radical (unpaired) electrons. The lowest BCUT2D eigenvalue weighted by Crippen LogP contribution is -2.59. The third kappa shape index (κ3) is 14.4. The number of ketones is 1. The zero-order valence-corrected chi connectivity index (χ0v) is 38.2. The molecule has 2 fully saturated rings. The maximum absolute atomic E-state index is 14.3. The van der Waals surface area contributed by atoms with Crippen LogP contribution in [0.3, 0.4) is 0 Å². The van der Waals surface area contributed by atoms with Crippen LogP contribution in [-0.2, 0) is 33.6 Å². The largest absolute Gasteiger partial charge is 0.357 e. The second-order valence-corrected chi connectivity index (χ2v) is 17.0. The van der Waals surface area contributed by atoms with Crippen molar-refractivity contribution >= 4 is 58.9 Å². The van der Waals surface area contributed by atoms with E-state index in [4.69, 9.17) is 0 Å². The van der Waals surface area contributed by atoms with Gasteiger partial charge in [0.2, 0.25) is 35.3 Å². The van der Waals surface area contributed by atoms with Gasteiger partial charge in [-0.15, -0.1) is 0 Å². The van der Waals surface area contributed by atoms with Gasteiger partial charge in [0.15, 0.2) is 0 Å². The fourth-order valence-electron chi connectivity index (χ4n) is 8.20. The number of urea groups is 1. The van der Waals surface area contributed by atoms with E-state index in [0.717, 1.165) is 19.3 Å². The zero-order chi connectivity index (χ0) is 48.5. The number of hydrogen-bond donors (Lipinski definition) is 8. The molecule has 358 valence electrons. The van der Waals surface area contributed by atoms with E-state index in [9.17, 15) is 43.2 Å². The molecule has 67 heavy (non-hydrogen) atoms. The van der Waals surface area contributed by atoms with E-state index < -0.39 is 102 Å². The molecule has 2 aromatic carbocycles. The molecule has 1 saturated carbocycles. The Labute approximate surface area is 389 Å². The molecule has 20 nitrogen and oxygen atoms in total. The highest BCUT2D eigenvalue weighted by Gasteiger charge is 2.43.